The zero-order valence-corrected chi connectivity index (χ0v) is 19.1. The molecule has 0 radical (unpaired) electrons. The number of fused-ring (bicyclic) bond motifs is 2. The molecule has 0 bridgehead atoms. The molecule has 0 amide bonds. The van der Waals surface area contributed by atoms with Crippen LogP contribution in [-0.2, 0) is 0 Å². The van der Waals surface area contributed by atoms with Crippen LogP contribution in [0.15, 0.2) is 30.3 Å². The van der Waals surface area contributed by atoms with Crippen LogP contribution in [-0.4, -0.2) is 29.1 Å². The first-order valence-corrected chi connectivity index (χ1v) is 11.8. The Hall–Kier alpha value is -3.03. The second-order valence-electron chi connectivity index (χ2n) is 10.0. The quantitative estimate of drug-likeness (QED) is 0.485. The van der Waals surface area contributed by atoms with Crippen molar-refractivity contribution in [1.29, 1.82) is 0 Å². The number of aromatic nitrogens is 2. The van der Waals surface area contributed by atoms with Crippen LogP contribution < -0.4 is 14.8 Å². The van der Waals surface area contributed by atoms with Gasteiger partial charge in [0.15, 0.2) is 11.5 Å². The maximum absolute atomic E-state index is 15.2. The first kappa shape index (κ1) is 21.5. The molecule has 1 N–H and O–H groups in total. The SMILES string of the molecule is Cc1nc(N[C@H](C)c2cccc(C3CC3(F)F)c2F)c2cc3c(cc2n1)OCC1(CCC1)CO3. The van der Waals surface area contributed by atoms with Gasteiger partial charge in [-0.05, 0) is 38.3 Å². The van der Waals surface area contributed by atoms with Gasteiger partial charge in [0.05, 0.1) is 30.7 Å². The summed E-state index contributed by atoms with van der Waals surface area (Å²) in [6, 6.07) is 7.93. The number of nitrogens with zero attached hydrogens (tertiary/aromatic N) is 2. The number of hydrogen-bond acceptors (Lipinski definition) is 5. The summed E-state index contributed by atoms with van der Waals surface area (Å²) in [4.78, 5) is 9.12. The van der Waals surface area contributed by atoms with Gasteiger partial charge in [0.25, 0.3) is 5.92 Å². The van der Waals surface area contributed by atoms with Crippen molar-refractivity contribution in [2.45, 2.75) is 57.4 Å². The Kier molecular flexibility index (Phi) is 4.73. The van der Waals surface area contributed by atoms with E-state index in [0.29, 0.717) is 47.4 Å². The summed E-state index contributed by atoms with van der Waals surface area (Å²) in [5.74, 6) is -2.07. The second kappa shape index (κ2) is 7.48. The fourth-order valence-corrected chi connectivity index (χ4v) is 5.06. The van der Waals surface area contributed by atoms with E-state index in [1.54, 1.807) is 26.0 Å². The number of nitrogens with one attached hydrogen (secondary N) is 1. The summed E-state index contributed by atoms with van der Waals surface area (Å²) in [7, 11) is 0. The smallest absolute Gasteiger partial charge is 0.256 e. The molecule has 1 unspecified atom stereocenters. The fourth-order valence-electron chi connectivity index (χ4n) is 5.06. The Morgan fingerprint density at radius 2 is 1.79 bits per heavy atom. The van der Waals surface area contributed by atoms with Crippen molar-refractivity contribution in [3.05, 3.63) is 53.1 Å². The summed E-state index contributed by atoms with van der Waals surface area (Å²) in [5, 5.41) is 4.01. The van der Waals surface area contributed by atoms with E-state index in [1.165, 1.54) is 12.5 Å². The van der Waals surface area contributed by atoms with Crippen LogP contribution in [0.4, 0.5) is 19.0 Å². The molecule has 8 heteroatoms. The van der Waals surface area contributed by atoms with Crippen molar-refractivity contribution in [2.24, 2.45) is 5.41 Å². The molecule has 6 rings (SSSR count). The van der Waals surface area contributed by atoms with Crippen molar-refractivity contribution in [1.82, 2.24) is 9.97 Å². The molecular formula is C26H26F3N3O2. The number of hydrogen-bond donors (Lipinski definition) is 1. The van der Waals surface area contributed by atoms with E-state index in [2.05, 4.69) is 15.3 Å². The normalized spacial score (nSPS) is 22.7. The van der Waals surface area contributed by atoms with Gasteiger partial charge < -0.3 is 14.8 Å². The van der Waals surface area contributed by atoms with Crippen molar-refractivity contribution in [3.8, 4) is 11.5 Å². The molecule has 2 saturated carbocycles. The van der Waals surface area contributed by atoms with Gasteiger partial charge >= 0.3 is 0 Å². The van der Waals surface area contributed by atoms with Gasteiger partial charge in [-0.15, -0.1) is 0 Å². The highest BCUT2D eigenvalue weighted by Gasteiger charge is 2.58. The highest BCUT2D eigenvalue weighted by atomic mass is 19.3. The van der Waals surface area contributed by atoms with E-state index in [4.69, 9.17) is 9.47 Å². The number of anilines is 1. The third-order valence-corrected chi connectivity index (χ3v) is 7.43. The van der Waals surface area contributed by atoms with E-state index in [0.717, 1.165) is 18.2 Å². The van der Waals surface area contributed by atoms with E-state index in [-0.39, 0.29) is 17.4 Å². The summed E-state index contributed by atoms with van der Waals surface area (Å²) in [5.41, 5.74) is 1.18. The first-order chi connectivity index (χ1) is 16.2. The van der Waals surface area contributed by atoms with E-state index < -0.39 is 23.7 Å². The van der Waals surface area contributed by atoms with Crippen LogP contribution in [0.1, 0.15) is 61.5 Å². The molecule has 2 heterocycles. The van der Waals surface area contributed by atoms with Gasteiger partial charge in [-0.2, -0.15) is 0 Å². The zero-order chi connectivity index (χ0) is 23.7. The summed E-state index contributed by atoms with van der Waals surface area (Å²) in [6.45, 7) is 4.83. The Morgan fingerprint density at radius 3 is 2.44 bits per heavy atom. The second-order valence-corrected chi connectivity index (χ2v) is 10.0. The molecule has 3 aliphatic rings. The molecule has 1 spiro atoms. The number of rotatable bonds is 4. The maximum atomic E-state index is 15.2. The highest BCUT2D eigenvalue weighted by molar-refractivity contribution is 5.92. The van der Waals surface area contributed by atoms with Crippen LogP contribution >= 0.6 is 0 Å². The van der Waals surface area contributed by atoms with E-state index in [9.17, 15) is 8.78 Å². The first-order valence-electron chi connectivity index (χ1n) is 11.8. The van der Waals surface area contributed by atoms with Gasteiger partial charge in [-0.25, -0.2) is 23.1 Å². The Bertz CT molecular complexity index is 1290. The summed E-state index contributed by atoms with van der Waals surface area (Å²) < 4.78 is 54.6. The number of halogens is 3. The van der Waals surface area contributed by atoms with E-state index >= 15 is 4.39 Å². The van der Waals surface area contributed by atoms with E-state index in [1.807, 2.05) is 12.1 Å². The topological polar surface area (TPSA) is 56.3 Å². The average Bonchev–Trinajstić information content (AvgIpc) is 3.45. The van der Waals surface area contributed by atoms with Crippen LogP contribution in [0.5, 0.6) is 11.5 Å². The molecular weight excluding hydrogens is 443 g/mol. The van der Waals surface area contributed by atoms with Gasteiger partial charge in [0.1, 0.15) is 17.5 Å². The molecule has 2 fully saturated rings. The van der Waals surface area contributed by atoms with Crippen LogP contribution in [0, 0.1) is 18.2 Å². The van der Waals surface area contributed by atoms with Crippen LogP contribution in [0.25, 0.3) is 10.9 Å². The zero-order valence-electron chi connectivity index (χ0n) is 19.1. The van der Waals surface area contributed by atoms with Crippen LogP contribution in [0.3, 0.4) is 0 Å². The van der Waals surface area contributed by atoms with Gasteiger partial charge in [-0.3, -0.25) is 0 Å². The largest absolute Gasteiger partial charge is 0.489 e. The van der Waals surface area contributed by atoms with Crippen LogP contribution in [0.2, 0.25) is 0 Å². The third kappa shape index (κ3) is 3.54. The minimum Gasteiger partial charge on any atom is -0.489 e. The molecule has 2 aromatic carbocycles. The van der Waals surface area contributed by atoms with Gasteiger partial charge in [0, 0.05) is 28.9 Å². The van der Waals surface area contributed by atoms with Crippen molar-refractivity contribution >= 4 is 16.7 Å². The van der Waals surface area contributed by atoms with Crippen molar-refractivity contribution in [2.75, 3.05) is 18.5 Å². The van der Waals surface area contributed by atoms with Crippen molar-refractivity contribution < 1.29 is 22.6 Å². The molecule has 2 aliphatic carbocycles. The molecule has 1 aliphatic heterocycles. The molecule has 1 aromatic heterocycles. The molecule has 2 atom stereocenters. The maximum Gasteiger partial charge on any atom is 0.256 e. The lowest BCUT2D eigenvalue weighted by Gasteiger charge is -2.39. The lowest BCUT2D eigenvalue weighted by atomic mass is 9.70. The van der Waals surface area contributed by atoms with Crippen molar-refractivity contribution in [3.63, 3.8) is 0 Å². The summed E-state index contributed by atoms with van der Waals surface area (Å²) in [6.07, 6.45) is 3.08. The minimum absolute atomic E-state index is 0.0701. The predicted octanol–water partition coefficient (Wildman–Crippen LogP) is 6.31. The Morgan fingerprint density at radius 1 is 1.09 bits per heavy atom. The average molecular weight is 470 g/mol. The molecule has 34 heavy (non-hydrogen) atoms. The predicted molar refractivity (Wildman–Crippen MR) is 122 cm³/mol. The van der Waals surface area contributed by atoms with Gasteiger partial charge in [0.2, 0.25) is 0 Å². The molecule has 3 aromatic rings. The van der Waals surface area contributed by atoms with Gasteiger partial charge in [-0.1, -0.05) is 24.6 Å². The standard InChI is InChI=1S/C26H26F3N3O2/c1-14(16-5-3-6-17(23(16)27)19-11-26(19,28)29)30-24-18-9-21-22(10-20(18)31-15(2)32-24)34-13-25(12-33-21)7-4-8-25/h3,5-6,9-10,14,19H,4,7-8,11-13H2,1-2H3,(H,30,31,32)/t14-,19?/m1/s1. The lowest BCUT2D eigenvalue weighted by molar-refractivity contribution is 0.0268. The monoisotopic (exact) mass is 469 g/mol. The number of benzene rings is 2. The number of ether oxygens (including phenoxy) is 2. The number of aryl methyl sites for hydroxylation is 1. The highest BCUT2D eigenvalue weighted by Crippen LogP contribution is 2.56. The molecule has 5 nitrogen and oxygen atoms in total. The third-order valence-electron chi connectivity index (χ3n) is 7.43. The molecule has 0 saturated heterocycles. The lowest BCUT2D eigenvalue weighted by Crippen LogP contribution is -2.39. The Balaban J connectivity index is 1.33. The number of alkyl halides is 2. The fraction of sp³-hybridized carbons (Fsp3) is 0.462. The summed E-state index contributed by atoms with van der Waals surface area (Å²) >= 11 is 0. The Labute approximate surface area is 195 Å². The minimum atomic E-state index is -2.83. The molecule has 178 valence electrons.